The summed E-state index contributed by atoms with van der Waals surface area (Å²) in [5.41, 5.74) is 2.30. The molecule has 4 aromatic rings. The highest BCUT2D eigenvalue weighted by Gasteiger charge is 2.34. The van der Waals surface area contributed by atoms with Gasteiger partial charge >= 0.3 is 0 Å². The Morgan fingerprint density at radius 2 is 1.84 bits per heavy atom. The maximum absolute atomic E-state index is 13.6. The molecule has 1 saturated heterocycles. The van der Waals surface area contributed by atoms with Crippen molar-refractivity contribution in [2.45, 2.75) is 38.2 Å². The zero-order chi connectivity index (χ0) is 26.2. The van der Waals surface area contributed by atoms with Crippen LogP contribution in [0.15, 0.2) is 47.8 Å². The molecule has 0 aromatic carbocycles. The Balaban J connectivity index is 1.45. The second-order valence-corrected chi connectivity index (χ2v) is 9.53. The van der Waals surface area contributed by atoms with Gasteiger partial charge in [0.25, 0.3) is 11.5 Å². The molecule has 0 amide bonds. The number of aromatic nitrogens is 6. The van der Waals surface area contributed by atoms with Gasteiger partial charge in [-0.05, 0) is 24.6 Å². The van der Waals surface area contributed by atoms with Gasteiger partial charge in [0.15, 0.2) is 0 Å². The SMILES string of the molecule is CC(Nc1cc(=O)n(C)c2ncc(Cc3nc(N4CCC(F)(F)CC4)ncc3Cl)cc12)c1ncccn1. The summed E-state index contributed by atoms with van der Waals surface area (Å²) in [6.07, 6.45) is 6.39. The van der Waals surface area contributed by atoms with Gasteiger partial charge in [0, 0.05) is 69.4 Å². The number of nitrogens with zero attached hydrogens (tertiary/aromatic N) is 7. The van der Waals surface area contributed by atoms with Gasteiger partial charge in [-0.15, -0.1) is 0 Å². The lowest BCUT2D eigenvalue weighted by Gasteiger charge is -2.31. The number of rotatable bonds is 6. The summed E-state index contributed by atoms with van der Waals surface area (Å²) >= 11 is 6.41. The molecule has 1 N–H and O–H groups in total. The number of alkyl halides is 2. The first-order valence-electron chi connectivity index (χ1n) is 11.9. The Bertz CT molecular complexity index is 1490. The van der Waals surface area contributed by atoms with E-state index in [-0.39, 0.29) is 37.5 Å². The predicted molar refractivity (Wildman–Crippen MR) is 137 cm³/mol. The Labute approximate surface area is 216 Å². The van der Waals surface area contributed by atoms with E-state index in [0.29, 0.717) is 40.2 Å². The highest BCUT2D eigenvalue weighted by atomic mass is 35.5. The zero-order valence-electron chi connectivity index (χ0n) is 20.3. The van der Waals surface area contributed by atoms with E-state index < -0.39 is 5.92 Å². The van der Waals surface area contributed by atoms with E-state index in [9.17, 15) is 13.6 Å². The number of nitrogens with one attached hydrogen (secondary N) is 1. The van der Waals surface area contributed by atoms with E-state index in [4.69, 9.17) is 11.6 Å². The molecule has 4 aromatic heterocycles. The van der Waals surface area contributed by atoms with E-state index in [2.05, 4.69) is 30.2 Å². The molecular weight excluding hydrogens is 502 g/mol. The molecule has 0 saturated carbocycles. The van der Waals surface area contributed by atoms with Crippen LogP contribution in [0.4, 0.5) is 20.4 Å². The molecule has 1 fully saturated rings. The highest BCUT2D eigenvalue weighted by molar-refractivity contribution is 6.31. The average Bonchev–Trinajstić information content (AvgIpc) is 2.89. The molecule has 1 aliphatic rings. The van der Waals surface area contributed by atoms with Crippen molar-refractivity contribution in [3.63, 3.8) is 0 Å². The third kappa shape index (κ3) is 5.36. The van der Waals surface area contributed by atoms with E-state index in [1.165, 1.54) is 16.8 Å². The van der Waals surface area contributed by atoms with Gasteiger partial charge in [0.1, 0.15) is 11.5 Å². The molecule has 37 heavy (non-hydrogen) atoms. The number of aryl methyl sites for hydroxylation is 1. The molecular formula is C25H25ClF2N8O. The van der Waals surface area contributed by atoms with Crippen LogP contribution in [-0.2, 0) is 13.5 Å². The summed E-state index contributed by atoms with van der Waals surface area (Å²) in [7, 11) is 1.67. The van der Waals surface area contributed by atoms with Gasteiger partial charge in [-0.3, -0.25) is 9.36 Å². The highest BCUT2D eigenvalue weighted by Crippen LogP contribution is 2.30. The standard InChI is InChI=1S/C25H25ClF2N8O/c1-15(22-29-6-3-7-30-22)33-19-12-21(37)35(2)23-17(19)10-16(13-31-23)11-20-18(26)14-32-24(34-20)36-8-4-25(27,28)5-9-36/h3,6-7,10,12-15,33H,4-5,8-9,11H2,1-2H3. The van der Waals surface area contributed by atoms with Crippen LogP contribution in [0.3, 0.4) is 0 Å². The van der Waals surface area contributed by atoms with Gasteiger partial charge in [-0.25, -0.2) is 33.7 Å². The van der Waals surface area contributed by atoms with E-state index in [1.807, 2.05) is 13.0 Å². The van der Waals surface area contributed by atoms with Gasteiger partial charge < -0.3 is 10.2 Å². The summed E-state index contributed by atoms with van der Waals surface area (Å²) in [5, 5.41) is 4.45. The molecule has 1 aliphatic heterocycles. The van der Waals surface area contributed by atoms with Crippen molar-refractivity contribution < 1.29 is 8.78 Å². The normalized spacial score (nSPS) is 16.1. The van der Waals surface area contributed by atoms with Crippen LogP contribution in [0.5, 0.6) is 0 Å². The van der Waals surface area contributed by atoms with Crippen molar-refractivity contribution in [3.8, 4) is 0 Å². The zero-order valence-corrected chi connectivity index (χ0v) is 21.1. The number of fused-ring (bicyclic) bond motifs is 1. The molecule has 5 heterocycles. The van der Waals surface area contributed by atoms with Crippen LogP contribution >= 0.6 is 11.6 Å². The molecule has 1 atom stereocenters. The maximum Gasteiger partial charge on any atom is 0.253 e. The first-order valence-corrected chi connectivity index (χ1v) is 12.2. The van der Waals surface area contributed by atoms with Crippen LogP contribution in [0.1, 0.15) is 42.9 Å². The minimum Gasteiger partial charge on any atom is -0.375 e. The molecule has 1 unspecified atom stereocenters. The minimum absolute atomic E-state index is 0.179. The Hall–Kier alpha value is -3.73. The number of anilines is 2. The maximum atomic E-state index is 13.6. The second kappa shape index (κ2) is 9.97. The summed E-state index contributed by atoms with van der Waals surface area (Å²) < 4.78 is 28.7. The molecule has 192 valence electrons. The van der Waals surface area contributed by atoms with Crippen LogP contribution in [0.2, 0.25) is 5.02 Å². The molecule has 12 heteroatoms. The smallest absolute Gasteiger partial charge is 0.253 e. The first kappa shape index (κ1) is 24.9. The van der Waals surface area contributed by atoms with Crippen molar-refractivity contribution in [2.75, 3.05) is 23.3 Å². The minimum atomic E-state index is -2.65. The van der Waals surface area contributed by atoms with Crippen LogP contribution in [-0.4, -0.2) is 48.5 Å². The largest absolute Gasteiger partial charge is 0.375 e. The van der Waals surface area contributed by atoms with E-state index >= 15 is 0 Å². The average molecular weight is 527 g/mol. The lowest BCUT2D eigenvalue weighted by Crippen LogP contribution is -2.40. The van der Waals surface area contributed by atoms with Crippen molar-refractivity contribution in [1.82, 2.24) is 29.5 Å². The fourth-order valence-electron chi connectivity index (χ4n) is 4.31. The summed E-state index contributed by atoms with van der Waals surface area (Å²) in [5.74, 6) is -1.68. The van der Waals surface area contributed by atoms with Crippen LogP contribution < -0.4 is 15.8 Å². The monoisotopic (exact) mass is 526 g/mol. The second-order valence-electron chi connectivity index (χ2n) is 9.13. The lowest BCUT2D eigenvalue weighted by atomic mass is 10.1. The number of piperidine rings is 1. The Kier molecular flexibility index (Phi) is 6.72. The molecule has 0 spiro atoms. The Morgan fingerprint density at radius 1 is 1.11 bits per heavy atom. The summed E-state index contributed by atoms with van der Waals surface area (Å²) in [4.78, 5) is 36.3. The molecule has 0 radical (unpaired) electrons. The van der Waals surface area contributed by atoms with E-state index in [1.54, 1.807) is 36.6 Å². The lowest BCUT2D eigenvalue weighted by molar-refractivity contribution is -0.0222. The molecule has 5 rings (SSSR count). The Morgan fingerprint density at radius 3 is 2.57 bits per heavy atom. The summed E-state index contributed by atoms with van der Waals surface area (Å²) in [6, 6.07) is 4.94. The first-order chi connectivity index (χ1) is 17.7. The van der Waals surface area contributed by atoms with Crippen LogP contribution in [0, 0.1) is 0 Å². The van der Waals surface area contributed by atoms with E-state index in [0.717, 1.165) is 10.9 Å². The third-order valence-electron chi connectivity index (χ3n) is 6.43. The number of pyridine rings is 2. The fraction of sp³-hybridized carbons (Fsp3) is 0.360. The number of halogens is 3. The van der Waals surface area contributed by atoms with Gasteiger partial charge in [-0.2, -0.15) is 0 Å². The van der Waals surface area contributed by atoms with Crippen molar-refractivity contribution in [3.05, 3.63) is 75.4 Å². The van der Waals surface area contributed by atoms with Gasteiger partial charge in [-0.1, -0.05) is 11.6 Å². The fourth-order valence-corrected chi connectivity index (χ4v) is 4.47. The predicted octanol–water partition coefficient (Wildman–Crippen LogP) is 4.17. The van der Waals surface area contributed by atoms with Crippen molar-refractivity contribution >= 4 is 34.3 Å². The summed E-state index contributed by atoms with van der Waals surface area (Å²) in [6.45, 7) is 2.27. The number of hydrogen-bond donors (Lipinski definition) is 1. The quantitative estimate of drug-likeness (QED) is 0.399. The topological polar surface area (TPSA) is 102 Å². The molecule has 9 nitrogen and oxygen atoms in total. The van der Waals surface area contributed by atoms with Gasteiger partial charge in [0.05, 0.1) is 28.6 Å². The van der Waals surface area contributed by atoms with Crippen molar-refractivity contribution in [2.24, 2.45) is 7.05 Å². The number of hydrogen-bond acceptors (Lipinski definition) is 8. The van der Waals surface area contributed by atoms with Gasteiger partial charge in [0.2, 0.25) is 5.95 Å². The molecule has 0 aliphatic carbocycles. The molecule has 0 bridgehead atoms. The third-order valence-corrected chi connectivity index (χ3v) is 6.74. The van der Waals surface area contributed by atoms with Crippen LogP contribution in [0.25, 0.3) is 11.0 Å². The van der Waals surface area contributed by atoms with Crippen molar-refractivity contribution in [1.29, 1.82) is 0 Å².